The van der Waals surface area contributed by atoms with Crippen LogP contribution in [0.1, 0.15) is 50.2 Å². The topological polar surface area (TPSA) is 20.2 Å². The maximum Gasteiger partial charge on any atom is 0.200 e. The summed E-state index contributed by atoms with van der Waals surface area (Å²) < 4.78 is 27.5. The fourth-order valence-electron chi connectivity index (χ4n) is 4.01. The Balaban J connectivity index is 1.80. The molecule has 1 atom stereocenters. The van der Waals surface area contributed by atoms with Crippen LogP contribution in [-0.2, 0) is 12.8 Å². The number of aromatic hydroxyl groups is 1. The summed E-state index contributed by atoms with van der Waals surface area (Å²) >= 11 is 0. The predicted molar refractivity (Wildman–Crippen MR) is 74.7 cm³/mol. The summed E-state index contributed by atoms with van der Waals surface area (Å²) in [5.41, 5.74) is 1.30. The molecular formula is C17H22F2O. The molecule has 20 heavy (non-hydrogen) atoms. The molecule has 110 valence electrons. The van der Waals surface area contributed by atoms with Crippen molar-refractivity contribution in [2.75, 3.05) is 0 Å². The summed E-state index contributed by atoms with van der Waals surface area (Å²) in [7, 11) is 0. The van der Waals surface area contributed by atoms with E-state index < -0.39 is 17.4 Å². The quantitative estimate of drug-likeness (QED) is 0.797. The average molecular weight is 280 g/mol. The maximum atomic E-state index is 14.0. The molecule has 1 aromatic carbocycles. The van der Waals surface area contributed by atoms with Crippen LogP contribution in [0.15, 0.2) is 6.07 Å². The Morgan fingerprint density at radius 2 is 1.70 bits per heavy atom. The van der Waals surface area contributed by atoms with Crippen molar-refractivity contribution in [2.45, 2.75) is 51.9 Å². The molecular weight excluding hydrogens is 258 g/mol. The largest absolute Gasteiger partial charge is 0.505 e. The van der Waals surface area contributed by atoms with Gasteiger partial charge in [0.05, 0.1) is 0 Å². The van der Waals surface area contributed by atoms with Gasteiger partial charge in [0.15, 0.2) is 11.6 Å². The lowest BCUT2D eigenvalue weighted by atomic mass is 9.70. The molecule has 0 saturated heterocycles. The number of rotatable bonds is 1. The third kappa shape index (κ3) is 2.43. The Bertz CT molecular complexity index is 504. The van der Waals surface area contributed by atoms with Crippen molar-refractivity contribution >= 4 is 0 Å². The Morgan fingerprint density at radius 3 is 2.40 bits per heavy atom. The van der Waals surface area contributed by atoms with Crippen LogP contribution in [0.2, 0.25) is 0 Å². The molecule has 3 heteroatoms. The number of hydrogen-bond acceptors (Lipinski definition) is 1. The van der Waals surface area contributed by atoms with Gasteiger partial charge < -0.3 is 5.11 Å². The molecule has 0 aromatic heterocycles. The molecule has 1 saturated carbocycles. The first kappa shape index (κ1) is 13.8. The van der Waals surface area contributed by atoms with Gasteiger partial charge in [0, 0.05) is 0 Å². The normalized spacial score (nSPS) is 30.1. The first-order chi connectivity index (χ1) is 9.56. The van der Waals surface area contributed by atoms with E-state index in [1.54, 1.807) is 0 Å². The molecule has 3 rings (SSSR count). The third-order valence-electron chi connectivity index (χ3n) is 5.36. The van der Waals surface area contributed by atoms with Crippen LogP contribution >= 0.6 is 0 Å². The van der Waals surface area contributed by atoms with Crippen molar-refractivity contribution in [3.05, 3.63) is 28.8 Å². The first-order valence-electron chi connectivity index (χ1n) is 7.75. The number of hydrogen-bond donors (Lipinski definition) is 1. The SMILES string of the molecule is CC1CCC(C2CCc3cc(O)c(F)c(F)c3C2)CC1. The Kier molecular flexibility index (Phi) is 3.70. The number of benzene rings is 1. The first-order valence-corrected chi connectivity index (χ1v) is 7.75. The second-order valence-corrected chi connectivity index (χ2v) is 6.68. The van der Waals surface area contributed by atoms with Gasteiger partial charge in [-0.05, 0) is 67.1 Å². The van der Waals surface area contributed by atoms with E-state index in [4.69, 9.17) is 0 Å². The van der Waals surface area contributed by atoms with E-state index in [0.29, 0.717) is 23.8 Å². The van der Waals surface area contributed by atoms with E-state index in [2.05, 4.69) is 6.92 Å². The zero-order valence-corrected chi connectivity index (χ0v) is 12.0. The number of halogens is 2. The van der Waals surface area contributed by atoms with Gasteiger partial charge in [0.25, 0.3) is 0 Å². The highest BCUT2D eigenvalue weighted by Gasteiger charge is 2.31. The van der Waals surface area contributed by atoms with Gasteiger partial charge in [0.2, 0.25) is 5.82 Å². The van der Waals surface area contributed by atoms with Crippen LogP contribution in [-0.4, -0.2) is 5.11 Å². The lowest BCUT2D eigenvalue weighted by molar-refractivity contribution is 0.195. The van der Waals surface area contributed by atoms with E-state index in [1.807, 2.05) is 0 Å². The third-order valence-corrected chi connectivity index (χ3v) is 5.36. The standard InChI is InChI=1S/C17H22F2O/c1-10-2-4-11(5-3-10)12-6-7-13-9-15(20)17(19)16(18)14(13)8-12/h9-12,20H,2-8H2,1H3. The zero-order chi connectivity index (χ0) is 14.3. The van der Waals surface area contributed by atoms with Gasteiger partial charge in [-0.25, -0.2) is 4.39 Å². The molecule has 0 aliphatic heterocycles. The van der Waals surface area contributed by atoms with Crippen molar-refractivity contribution in [1.29, 1.82) is 0 Å². The lowest BCUT2D eigenvalue weighted by Crippen LogP contribution is -2.27. The summed E-state index contributed by atoms with van der Waals surface area (Å²) in [6.07, 6.45) is 7.42. The number of aryl methyl sites for hydroxylation is 1. The van der Waals surface area contributed by atoms with E-state index >= 15 is 0 Å². The Morgan fingerprint density at radius 1 is 1.00 bits per heavy atom. The van der Waals surface area contributed by atoms with Gasteiger partial charge in [-0.15, -0.1) is 0 Å². The summed E-state index contributed by atoms with van der Waals surface area (Å²) in [5, 5.41) is 9.38. The van der Waals surface area contributed by atoms with Crippen molar-refractivity contribution in [2.24, 2.45) is 17.8 Å². The molecule has 0 bridgehead atoms. The average Bonchev–Trinajstić information content (AvgIpc) is 2.46. The van der Waals surface area contributed by atoms with Crippen LogP contribution in [0.5, 0.6) is 5.75 Å². The molecule has 0 heterocycles. The van der Waals surface area contributed by atoms with Gasteiger partial charge in [-0.3, -0.25) is 0 Å². The van der Waals surface area contributed by atoms with Gasteiger partial charge in [-0.1, -0.05) is 19.8 Å². The minimum absolute atomic E-state index is 0.480. The molecule has 0 amide bonds. The van der Waals surface area contributed by atoms with Crippen LogP contribution < -0.4 is 0 Å². The molecule has 1 fully saturated rings. The molecule has 1 aromatic rings. The Labute approximate surface area is 119 Å². The Hall–Kier alpha value is -1.12. The number of phenols is 1. The minimum atomic E-state index is -1.08. The van der Waals surface area contributed by atoms with E-state index in [9.17, 15) is 13.9 Å². The molecule has 1 unspecified atom stereocenters. The smallest absolute Gasteiger partial charge is 0.200 e. The zero-order valence-electron chi connectivity index (χ0n) is 12.0. The van der Waals surface area contributed by atoms with Crippen LogP contribution in [0.25, 0.3) is 0 Å². The molecule has 1 N–H and O–H groups in total. The highest BCUT2D eigenvalue weighted by molar-refractivity contribution is 5.39. The lowest BCUT2D eigenvalue weighted by Gasteiger charge is -2.35. The van der Waals surface area contributed by atoms with E-state index in [1.165, 1.54) is 31.7 Å². The van der Waals surface area contributed by atoms with Gasteiger partial charge in [0.1, 0.15) is 0 Å². The summed E-state index contributed by atoms with van der Waals surface area (Å²) in [6, 6.07) is 1.41. The minimum Gasteiger partial charge on any atom is -0.505 e. The van der Waals surface area contributed by atoms with Gasteiger partial charge >= 0.3 is 0 Å². The fourth-order valence-corrected chi connectivity index (χ4v) is 4.01. The van der Waals surface area contributed by atoms with Crippen molar-refractivity contribution in [3.63, 3.8) is 0 Å². The number of fused-ring (bicyclic) bond motifs is 1. The van der Waals surface area contributed by atoms with E-state index in [-0.39, 0.29) is 0 Å². The van der Waals surface area contributed by atoms with Crippen LogP contribution in [0.4, 0.5) is 8.78 Å². The molecule has 0 spiro atoms. The number of phenolic OH excluding ortho intramolecular Hbond substituents is 1. The summed E-state index contributed by atoms with van der Waals surface area (Å²) in [4.78, 5) is 0. The van der Waals surface area contributed by atoms with Crippen LogP contribution in [0.3, 0.4) is 0 Å². The predicted octanol–water partition coefficient (Wildman–Crippen LogP) is 4.60. The van der Waals surface area contributed by atoms with Crippen molar-refractivity contribution in [3.8, 4) is 5.75 Å². The van der Waals surface area contributed by atoms with Crippen LogP contribution in [0, 0.1) is 29.4 Å². The summed E-state index contributed by atoms with van der Waals surface area (Å²) in [5.74, 6) is -0.501. The van der Waals surface area contributed by atoms with E-state index in [0.717, 1.165) is 24.3 Å². The molecule has 0 radical (unpaired) electrons. The molecule has 2 aliphatic rings. The molecule has 2 aliphatic carbocycles. The second-order valence-electron chi connectivity index (χ2n) is 6.68. The van der Waals surface area contributed by atoms with Crippen molar-refractivity contribution in [1.82, 2.24) is 0 Å². The maximum absolute atomic E-state index is 14.0. The fraction of sp³-hybridized carbons (Fsp3) is 0.647. The van der Waals surface area contributed by atoms with Crippen molar-refractivity contribution < 1.29 is 13.9 Å². The highest BCUT2D eigenvalue weighted by Crippen LogP contribution is 2.41. The summed E-state index contributed by atoms with van der Waals surface area (Å²) in [6.45, 7) is 2.30. The highest BCUT2D eigenvalue weighted by atomic mass is 19.2. The van der Waals surface area contributed by atoms with Gasteiger partial charge in [-0.2, -0.15) is 4.39 Å². The second kappa shape index (κ2) is 5.34. The monoisotopic (exact) mass is 280 g/mol. The molecule has 1 nitrogen and oxygen atoms in total.